The number of rotatable bonds is 4. The van der Waals surface area contributed by atoms with Gasteiger partial charge in [-0.1, -0.05) is 60.7 Å². The van der Waals surface area contributed by atoms with E-state index in [1.807, 2.05) is 61.5 Å². The van der Waals surface area contributed by atoms with E-state index in [1.165, 1.54) is 4.90 Å². The quantitative estimate of drug-likeness (QED) is 0.684. The highest BCUT2D eigenvalue weighted by Crippen LogP contribution is 2.45. The number of benzene rings is 3. The van der Waals surface area contributed by atoms with Crippen LogP contribution >= 0.6 is 0 Å². The minimum atomic E-state index is -1.43. The van der Waals surface area contributed by atoms with Crippen LogP contribution in [0.5, 0.6) is 0 Å². The average molecular weight is 425 g/mol. The van der Waals surface area contributed by atoms with Gasteiger partial charge in [0.05, 0.1) is 11.3 Å². The number of amides is 3. The van der Waals surface area contributed by atoms with Crippen molar-refractivity contribution >= 4 is 29.1 Å². The molecule has 0 radical (unpaired) electrons. The van der Waals surface area contributed by atoms with Crippen LogP contribution in [0.3, 0.4) is 0 Å². The number of anilines is 2. The van der Waals surface area contributed by atoms with Crippen LogP contribution in [-0.4, -0.2) is 28.3 Å². The van der Waals surface area contributed by atoms with Gasteiger partial charge in [-0.25, -0.2) is 0 Å². The molecule has 6 nitrogen and oxygen atoms in total. The second kappa shape index (κ2) is 7.64. The molecular formula is C26H23N3O3. The minimum absolute atomic E-state index is 0.164. The summed E-state index contributed by atoms with van der Waals surface area (Å²) in [6.45, 7) is 2.13. The maximum Gasteiger partial charge on any atom is 0.271 e. The predicted octanol–water partition coefficient (Wildman–Crippen LogP) is 4.11. The van der Waals surface area contributed by atoms with Crippen LogP contribution in [0.1, 0.15) is 34.3 Å². The molecule has 3 aromatic carbocycles. The molecule has 0 aliphatic carbocycles. The van der Waals surface area contributed by atoms with E-state index in [2.05, 4.69) is 5.32 Å². The van der Waals surface area contributed by atoms with E-state index >= 15 is 0 Å². The Balaban J connectivity index is 1.66. The predicted molar refractivity (Wildman–Crippen MR) is 122 cm³/mol. The molecule has 0 saturated carbocycles. The van der Waals surface area contributed by atoms with Gasteiger partial charge in [-0.2, -0.15) is 0 Å². The third kappa shape index (κ3) is 2.99. The molecule has 6 heteroatoms. The Labute approximate surface area is 186 Å². The van der Waals surface area contributed by atoms with E-state index in [0.29, 0.717) is 16.9 Å². The molecule has 1 fully saturated rings. The van der Waals surface area contributed by atoms with E-state index in [-0.39, 0.29) is 37.1 Å². The second-order valence-electron chi connectivity index (χ2n) is 8.21. The fourth-order valence-corrected chi connectivity index (χ4v) is 4.71. The fraction of sp³-hybridized carbons (Fsp3) is 0.192. The third-order valence-corrected chi connectivity index (χ3v) is 6.31. The van der Waals surface area contributed by atoms with Crippen molar-refractivity contribution in [2.24, 2.45) is 0 Å². The van der Waals surface area contributed by atoms with Crippen molar-refractivity contribution in [3.8, 4) is 0 Å². The van der Waals surface area contributed by atoms with Gasteiger partial charge in [0.25, 0.3) is 11.8 Å². The summed E-state index contributed by atoms with van der Waals surface area (Å²) in [4.78, 5) is 43.8. The Morgan fingerprint density at radius 3 is 2.41 bits per heavy atom. The number of fused-ring (bicyclic) bond motifs is 3. The molecule has 0 bridgehead atoms. The largest absolute Gasteiger partial charge is 0.322 e. The zero-order valence-corrected chi connectivity index (χ0v) is 17.7. The Bertz CT molecular complexity index is 1220. The summed E-state index contributed by atoms with van der Waals surface area (Å²) in [6, 6.07) is 24.0. The van der Waals surface area contributed by atoms with Crippen molar-refractivity contribution < 1.29 is 14.4 Å². The van der Waals surface area contributed by atoms with E-state index in [1.54, 1.807) is 29.2 Å². The first-order valence-electron chi connectivity index (χ1n) is 10.7. The van der Waals surface area contributed by atoms with Gasteiger partial charge in [0.1, 0.15) is 0 Å². The fourth-order valence-electron chi connectivity index (χ4n) is 4.71. The Hall–Kier alpha value is -3.93. The number of nitrogens with one attached hydrogen (secondary N) is 1. The molecule has 0 aromatic heterocycles. The number of carbonyl (C=O) groups is 3. The molecule has 160 valence electrons. The maximum absolute atomic E-state index is 13.9. The molecule has 1 saturated heterocycles. The molecular weight excluding hydrogens is 402 g/mol. The first-order valence-corrected chi connectivity index (χ1v) is 10.7. The first-order chi connectivity index (χ1) is 15.5. The van der Waals surface area contributed by atoms with Crippen molar-refractivity contribution in [3.05, 3.63) is 95.6 Å². The lowest BCUT2D eigenvalue weighted by atomic mass is 9.94. The van der Waals surface area contributed by atoms with Crippen LogP contribution < -0.4 is 10.2 Å². The number of aryl methyl sites for hydroxylation is 1. The lowest BCUT2D eigenvalue weighted by Gasteiger charge is -2.49. The molecule has 1 atom stereocenters. The summed E-state index contributed by atoms with van der Waals surface area (Å²) in [6.07, 6.45) is 0.421. The molecule has 0 unspecified atom stereocenters. The molecule has 3 aromatic rings. The molecule has 2 aliphatic heterocycles. The van der Waals surface area contributed by atoms with Crippen molar-refractivity contribution in [2.45, 2.75) is 32.0 Å². The zero-order chi connectivity index (χ0) is 22.3. The maximum atomic E-state index is 13.9. The minimum Gasteiger partial charge on any atom is -0.322 e. The summed E-state index contributed by atoms with van der Waals surface area (Å²) in [7, 11) is 0. The van der Waals surface area contributed by atoms with Crippen LogP contribution in [0.4, 0.5) is 11.4 Å². The molecule has 2 aliphatic rings. The molecule has 32 heavy (non-hydrogen) atoms. The van der Waals surface area contributed by atoms with Gasteiger partial charge >= 0.3 is 0 Å². The summed E-state index contributed by atoms with van der Waals surface area (Å²) >= 11 is 0. The number of nitrogens with zero attached hydrogens (tertiary/aromatic N) is 2. The molecule has 1 N–H and O–H groups in total. The van der Waals surface area contributed by atoms with Crippen molar-refractivity contribution in [1.82, 2.24) is 4.90 Å². The highest BCUT2D eigenvalue weighted by atomic mass is 16.2. The van der Waals surface area contributed by atoms with Gasteiger partial charge in [-0.15, -0.1) is 0 Å². The number of hydrogen-bond donors (Lipinski definition) is 1. The van der Waals surface area contributed by atoms with Crippen molar-refractivity contribution in [2.75, 3.05) is 10.2 Å². The Morgan fingerprint density at radius 2 is 1.62 bits per heavy atom. The van der Waals surface area contributed by atoms with Crippen molar-refractivity contribution in [1.29, 1.82) is 0 Å². The number of para-hydroxylation sites is 2. The Kier molecular flexibility index (Phi) is 4.78. The van der Waals surface area contributed by atoms with Gasteiger partial charge in [0.2, 0.25) is 11.6 Å². The first kappa shape index (κ1) is 20.0. The molecule has 3 amide bonds. The normalized spacial score (nSPS) is 19.5. The van der Waals surface area contributed by atoms with Gasteiger partial charge in [0, 0.05) is 25.1 Å². The van der Waals surface area contributed by atoms with Crippen LogP contribution in [0.2, 0.25) is 0 Å². The van der Waals surface area contributed by atoms with Gasteiger partial charge in [-0.3, -0.25) is 19.3 Å². The van der Waals surface area contributed by atoms with Gasteiger partial charge in [0.15, 0.2) is 0 Å². The van der Waals surface area contributed by atoms with Crippen LogP contribution in [0.15, 0.2) is 78.9 Å². The average Bonchev–Trinajstić information content (AvgIpc) is 3.17. The van der Waals surface area contributed by atoms with Crippen LogP contribution in [0, 0.1) is 6.92 Å². The smallest absolute Gasteiger partial charge is 0.271 e. The highest BCUT2D eigenvalue weighted by Gasteiger charge is 2.60. The summed E-state index contributed by atoms with van der Waals surface area (Å²) in [5, 5.41) is 3.00. The van der Waals surface area contributed by atoms with E-state index < -0.39 is 5.66 Å². The topological polar surface area (TPSA) is 69.7 Å². The molecule has 5 rings (SSSR count). The lowest BCUT2D eigenvalue weighted by molar-refractivity contribution is -0.129. The lowest BCUT2D eigenvalue weighted by Crippen LogP contribution is -2.69. The van der Waals surface area contributed by atoms with Gasteiger partial charge < -0.3 is 10.2 Å². The van der Waals surface area contributed by atoms with Crippen LogP contribution in [-0.2, 0) is 16.1 Å². The number of carbonyl (C=O) groups excluding carboxylic acids is 3. The highest BCUT2D eigenvalue weighted by molar-refractivity contribution is 6.18. The summed E-state index contributed by atoms with van der Waals surface area (Å²) in [5.74, 6) is -0.797. The Morgan fingerprint density at radius 1 is 0.938 bits per heavy atom. The van der Waals surface area contributed by atoms with Gasteiger partial charge in [-0.05, 0) is 36.2 Å². The zero-order valence-electron chi connectivity index (χ0n) is 17.7. The molecule has 2 heterocycles. The summed E-state index contributed by atoms with van der Waals surface area (Å²) in [5.41, 5.74) is 1.95. The van der Waals surface area contributed by atoms with Crippen molar-refractivity contribution in [3.63, 3.8) is 0 Å². The van der Waals surface area contributed by atoms with Crippen LogP contribution in [0.25, 0.3) is 0 Å². The summed E-state index contributed by atoms with van der Waals surface area (Å²) < 4.78 is 0. The van der Waals surface area contributed by atoms with E-state index in [9.17, 15) is 14.4 Å². The molecule has 0 spiro atoms. The third-order valence-electron chi connectivity index (χ3n) is 6.31. The monoisotopic (exact) mass is 425 g/mol. The van der Waals surface area contributed by atoms with E-state index in [0.717, 1.165) is 11.1 Å². The second-order valence-corrected chi connectivity index (χ2v) is 8.21. The number of hydrogen-bond acceptors (Lipinski definition) is 3. The van der Waals surface area contributed by atoms with E-state index in [4.69, 9.17) is 0 Å². The standard InChI is InChI=1S/C26H23N3O3/c1-18-9-5-7-13-21(18)27-25(32)26-16-15-23(30)29(26)22-14-8-6-12-20(22)24(31)28(26)17-19-10-3-2-4-11-19/h2-14H,15-17H2,1H3,(H,27,32)/t26-/m0/s1. The SMILES string of the molecule is Cc1ccccc1NC(=O)[C@]12CCC(=O)N1c1ccccc1C(=O)N2Cc1ccccc1.